The number of halogens is 1. The Morgan fingerprint density at radius 1 is 1.48 bits per heavy atom. The van der Waals surface area contributed by atoms with Gasteiger partial charge < -0.3 is 20.3 Å². The third-order valence-electron chi connectivity index (χ3n) is 2.47. The van der Waals surface area contributed by atoms with Gasteiger partial charge in [-0.1, -0.05) is 0 Å². The number of rotatable bonds is 7. The van der Waals surface area contributed by atoms with Gasteiger partial charge in [-0.2, -0.15) is 0 Å². The molecule has 1 atom stereocenters. The van der Waals surface area contributed by atoms with Gasteiger partial charge in [0.1, 0.15) is 6.04 Å². The lowest BCUT2D eigenvalue weighted by atomic mass is 10.1. The van der Waals surface area contributed by atoms with E-state index in [4.69, 9.17) is 14.9 Å². The number of anilines is 1. The average Bonchev–Trinajstić information content (AvgIpc) is 2.38. The molecule has 9 nitrogen and oxygen atoms in total. The topological polar surface area (TPSA) is 139 Å². The number of methoxy groups -OCH3 is 1. The van der Waals surface area contributed by atoms with E-state index in [1.807, 2.05) is 0 Å². The van der Waals surface area contributed by atoms with Crippen LogP contribution in [0.3, 0.4) is 0 Å². The van der Waals surface area contributed by atoms with Crippen LogP contribution in [-0.4, -0.2) is 40.2 Å². The van der Waals surface area contributed by atoms with E-state index < -0.39 is 46.5 Å². The number of carbonyl (C=O) groups is 2. The van der Waals surface area contributed by atoms with Crippen molar-refractivity contribution >= 4 is 23.3 Å². The minimum atomic E-state index is -1.59. The van der Waals surface area contributed by atoms with Crippen molar-refractivity contribution in [2.75, 3.05) is 12.4 Å². The predicted octanol–water partition coefficient (Wildman–Crippen LogP) is 1.08. The average molecular weight is 302 g/mol. The molecule has 1 aromatic carbocycles. The molecule has 0 radical (unpaired) electrons. The van der Waals surface area contributed by atoms with Crippen LogP contribution < -0.4 is 10.1 Å². The lowest BCUT2D eigenvalue weighted by Crippen LogP contribution is -2.32. The zero-order valence-electron chi connectivity index (χ0n) is 10.7. The van der Waals surface area contributed by atoms with Crippen LogP contribution in [0.25, 0.3) is 0 Å². The summed E-state index contributed by atoms with van der Waals surface area (Å²) in [5.74, 6) is -4.29. The zero-order valence-corrected chi connectivity index (χ0v) is 10.7. The van der Waals surface area contributed by atoms with Gasteiger partial charge in [0.25, 0.3) is 0 Å². The molecule has 21 heavy (non-hydrogen) atoms. The maximum atomic E-state index is 13.7. The molecule has 10 heteroatoms. The minimum absolute atomic E-state index is 0.289. The molecule has 0 fully saturated rings. The van der Waals surface area contributed by atoms with Crippen LogP contribution >= 0.6 is 0 Å². The number of hydrogen-bond acceptors (Lipinski definition) is 6. The molecule has 1 aromatic rings. The third kappa shape index (κ3) is 4.03. The fourth-order valence-corrected chi connectivity index (χ4v) is 1.52. The Morgan fingerprint density at radius 2 is 2.10 bits per heavy atom. The second-order valence-corrected chi connectivity index (χ2v) is 3.89. The number of nitrogens with zero attached hydrogens (tertiary/aromatic N) is 1. The predicted molar refractivity (Wildman–Crippen MR) is 66.9 cm³/mol. The summed E-state index contributed by atoms with van der Waals surface area (Å²) in [5, 5.41) is 30.3. The van der Waals surface area contributed by atoms with Crippen LogP contribution in [0.4, 0.5) is 15.8 Å². The van der Waals surface area contributed by atoms with Gasteiger partial charge in [0.05, 0.1) is 30.2 Å². The fourth-order valence-electron chi connectivity index (χ4n) is 1.52. The van der Waals surface area contributed by atoms with E-state index in [1.165, 1.54) is 0 Å². The summed E-state index contributed by atoms with van der Waals surface area (Å²) < 4.78 is 18.4. The van der Waals surface area contributed by atoms with Gasteiger partial charge in [0, 0.05) is 6.07 Å². The number of nitro groups is 1. The first kappa shape index (κ1) is 16.1. The molecule has 0 bridgehead atoms. The summed E-state index contributed by atoms with van der Waals surface area (Å²) >= 11 is 0. The number of benzene rings is 1. The van der Waals surface area contributed by atoms with Crippen molar-refractivity contribution in [2.45, 2.75) is 12.5 Å². The minimum Gasteiger partial charge on any atom is -0.490 e. The highest BCUT2D eigenvalue weighted by Gasteiger charge is 2.25. The Labute approximate surface area is 117 Å². The van der Waals surface area contributed by atoms with E-state index in [9.17, 15) is 24.1 Å². The van der Waals surface area contributed by atoms with Crippen molar-refractivity contribution in [3.8, 4) is 5.75 Å². The van der Waals surface area contributed by atoms with E-state index in [0.29, 0.717) is 6.07 Å². The summed E-state index contributed by atoms with van der Waals surface area (Å²) in [7, 11) is 1.12. The number of carboxylic acids is 2. The van der Waals surface area contributed by atoms with Gasteiger partial charge in [0.2, 0.25) is 0 Å². The van der Waals surface area contributed by atoms with Crippen molar-refractivity contribution < 1.29 is 33.9 Å². The standard InChI is InChI=1S/C11H11FN2O7/c1-21-9-3-6(5(12)2-8(9)14(19)20)13-7(11(17)18)4-10(15)16/h2-3,7,13H,4H2,1H3,(H,15,16)(H,17,18). The van der Waals surface area contributed by atoms with Gasteiger partial charge in [-0.15, -0.1) is 0 Å². The molecule has 0 amide bonds. The molecular weight excluding hydrogens is 291 g/mol. The van der Waals surface area contributed by atoms with Gasteiger partial charge in [-0.05, 0) is 0 Å². The molecule has 1 unspecified atom stereocenters. The molecule has 0 heterocycles. The van der Waals surface area contributed by atoms with Crippen molar-refractivity contribution in [3.63, 3.8) is 0 Å². The van der Waals surface area contributed by atoms with E-state index in [2.05, 4.69) is 5.32 Å². The van der Waals surface area contributed by atoms with Crippen LogP contribution in [0, 0.1) is 15.9 Å². The van der Waals surface area contributed by atoms with Crippen molar-refractivity contribution in [1.82, 2.24) is 0 Å². The maximum absolute atomic E-state index is 13.7. The monoisotopic (exact) mass is 302 g/mol. The molecule has 114 valence electrons. The van der Waals surface area contributed by atoms with Crippen LogP contribution in [0.5, 0.6) is 5.75 Å². The molecule has 0 aliphatic carbocycles. The Hall–Kier alpha value is -2.91. The summed E-state index contributed by atoms with van der Waals surface area (Å²) in [5.41, 5.74) is -1.04. The second-order valence-electron chi connectivity index (χ2n) is 3.89. The number of ether oxygens (including phenoxy) is 1. The third-order valence-corrected chi connectivity index (χ3v) is 2.47. The van der Waals surface area contributed by atoms with Gasteiger partial charge in [-0.3, -0.25) is 14.9 Å². The number of nitrogens with one attached hydrogen (secondary N) is 1. The highest BCUT2D eigenvalue weighted by Crippen LogP contribution is 2.32. The molecule has 0 aliphatic rings. The van der Waals surface area contributed by atoms with Crippen molar-refractivity contribution in [2.24, 2.45) is 0 Å². The van der Waals surface area contributed by atoms with E-state index in [-0.39, 0.29) is 5.75 Å². The lowest BCUT2D eigenvalue weighted by molar-refractivity contribution is -0.385. The van der Waals surface area contributed by atoms with Gasteiger partial charge in [-0.25, -0.2) is 9.18 Å². The molecule has 0 aromatic heterocycles. The Morgan fingerprint density at radius 3 is 2.52 bits per heavy atom. The Kier molecular flexibility index (Phi) is 5.00. The molecule has 1 rings (SSSR count). The van der Waals surface area contributed by atoms with E-state index in [1.54, 1.807) is 0 Å². The molecule has 0 saturated carbocycles. The lowest BCUT2D eigenvalue weighted by Gasteiger charge is -2.15. The normalized spacial score (nSPS) is 11.5. The first-order valence-corrected chi connectivity index (χ1v) is 5.49. The highest BCUT2D eigenvalue weighted by atomic mass is 19.1. The number of nitro benzene ring substituents is 1. The fraction of sp³-hybridized carbons (Fsp3) is 0.273. The van der Waals surface area contributed by atoms with Gasteiger partial charge >= 0.3 is 17.6 Å². The Balaban J connectivity index is 3.15. The molecular formula is C11H11FN2O7. The molecule has 0 aliphatic heterocycles. The summed E-state index contributed by atoms with van der Waals surface area (Å²) in [6.45, 7) is 0. The molecule has 0 saturated heterocycles. The van der Waals surface area contributed by atoms with E-state index in [0.717, 1.165) is 13.2 Å². The smallest absolute Gasteiger partial charge is 0.326 e. The SMILES string of the molecule is COc1cc(NC(CC(=O)O)C(=O)O)c(F)cc1[N+](=O)[O-]. The molecule has 0 spiro atoms. The number of aliphatic carboxylic acids is 2. The van der Waals surface area contributed by atoms with Crippen molar-refractivity contribution in [1.29, 1.82) is 0 Å². The summed E-state index contributed by atoms with van der Waals surface area (Å²) in [4.78, 5) is 31.3. The van der Waals surface area contributed by atoms with Gasteiger partial charge in [0.15, 0.2) is 11.6 Å². The first-order chi connectivity index (χ1) is 9.76. The maximum Gasteiger partial charge on any atom is 0.326 e. The summed E-state index contributed by atoms with van der Waals surface area (Å²) in [6.07, 6.45) is -0.798. The van der Waals surface area contributed by atoms with Crippen LogP contribution in [-0.2, 0) is 9.59 Å². The largest absolute Gasteiger partial charge is 0.490 e. The molecule has 3 N–H and O–H groups in total. The van der Waals surface area contributed by atoms with E-state index >= 15 is 0 Å². The van der Waals surface area contributed by atoms with Crippen LogP contribution in [0.1, 0.15) is 6.42 Å². The van der Waals surface area contributed by atoms with Crippen LogP contribution in [0.15, 0.2) is 12.1 Å². The number of carboxylic acid groups (broad SMARTS) is 2. The van der Waals surface area contributed by atoms with Crippen molar-refractivity contribution in [3.05, 3.63) is 28.1 Å². The first-order valence-electron chi connectivity index (χ1n) is 5.49. The number of hydrogen-bond donors (Lipinski definition) is 3. The second kappa shape index (κ2) is 6.50. The summed E-state index contributed by atoms with van der Waals surface area (Å²) in [6, 6.07) is -0.144. The Bertz CT molecular complexity index is 590. The van der Waals surface area contributed by atoms with Crippen LogP contribution in [0.2, 0.25) is 0 Å². The zero-order chi connectivity index (χ0) is 16.2. The quantitative estimate of drug-likeness (QED) is 0.502. The highest BCUT2D eigenvalue weighted by molar-refractivity contribution is 5.83.